The first-order valence-corrected chi connectivity index (χ1v) is 5.85. The second-order valence-corrected chi connectivity index (χ2v) is 4.83. The predicted octanol–water partition coefficient (Wildman–Crippen LogP) is 2.74. The first-order chi connectivity index (χ1) is 6.63. The van der Waals surface area contributed by atoms with Crippen LogP contribution in [0.2, 0.25) is 0 Å². The van der Waals surface area contributed by atoms with Crippen LogP contribution in [0.5, 0.6) is 0 Å². The highest BCUT2D eigenvalue weighted by Crippen LogP contribution is 2.20. The molecular weight excluding hydrogens is 194 g/mol. The smallest absolute Gasteiger partial charge is 0.0665 e. The van der Waals surface area contributed by atoms with Gasteiger partial charge in [0.05, 0.1) is 18.8 Å². The summed E-state index contributed by atoms with van der Waals surface area (Å²) in [6.45, 7) is 6.99. The number of hydrogen-bond donors (Lipinski definition) is 1. The van der Waals surface area contributed by atoms with Gasteiger partial charge < -0.3 is 10.1 Å². The Hall–Kier alpha value is -0.380. The minimum atomic E-state index is 0.297. The fraction of sp³-hybridized carbons (Fsp3) is 0.636. The molecule has 80 valence electrons. The van der Waals surface area contributed by atoms with Gasteiger partial charge in [-0.2, -0.15) is 0 Å². The van der Waals surface area contributed by atoms with Gasteiger partial charge in [-0.1, -0.05) is 0 Å². The second-order valence-electron chi connectivity index (χ2n) is 3.71. The Morgan fingerprint density at radius 2 is 2.21 bits per heavy atom. The number of thiophene rings is 1. The molecule has 1 N–H and O–H groups in total. The zero-order valence-electron chi connectivity index (χ0n) is 9.33. The molecule has 3 heteroatoms. The van der Waals surface area contributed by atoms with Crippen LogP contribution in [0, 0.1) is 6.92 Å². The van der Waals surface area contributed by atoms with Crippen molar-refractivity contribution >= 4 is 11.3 Å². The molecule has 1 rings (SSSR count). The van der Waals surface area contributed by atoms with Crippen molar-refractivity contribution in [1.29, 1.82) is 0 Å². The topological polar surface area (TPSA) is 21.3 Å². The molecule has 0 saturated heterocycles. The fourth-order valence-electron chi connectivity index (χ4n) is 1.28. The molecular formula is C11H19NOS. The van der Waals surface area contributed by atoms with Gasteiger partial charge in [0.25, 0.3) is 0 Å². The van der Waals surface area contributed by atoms with Crippen molar-refractivity contribution in [3.63, 3.8) is 0 Å². The van der Waals surface area contributed by atoms with Gasteiger partial charge in [0.2, 0.25) is 0 Å². The van der Waals surface area contributed by atoms with E-state index in [2.05, 4.69) is 37.5 Å². The van der Waals surface area contributed by atoms with Crippen LogP contribution < -0.4 is 5.32 Å². The first kappa shape index (κ1) is 11.7. The van der Waals surface area contributed by atoms with Gasteiger partial charge in [0.15, 0.2) is 0 Å². The van der Waals surface area contributed by atoms with E-state index in [1.165, 1.54) is 10.4 Å². The SMILES string of the molecule is CNC(COC(C)C)c1csc(C)c1. The molecule has 1 unspecified atom stereocenters. The van der Waals surface area contributed by atoms with Crippen molar-refractivity contribution in [3.8, 4) is 0 Å². The van der Waals surface area contributed by atoms with E-state index >= 15 is 0 Å². The summed E-state index contributed by atoms with van der Waals surface area (Å²) in [6, 6.07) is 2.54. The van der Waals surface area contributed by atoms with Gasteiger partial charge in [0, 0.05) is 4.88 Å². The van der Waals surface area contributed by atoms with Gasteiger partial charge in [-0.3, -0.25) is 0 Å². The lowest BCUT2D eigenvalue weighted by molar-refractivity contribution is 0.0627. The molecule has 0 bridgehead atoms. The molecule has 0 amide bonds. The van der Waals surface area contributed by atoms with Crippen molar-refractivity contribution in [2.24, 2.45) is 0 Å². The zero-order valence-corrected chi connectivity index (χ0v) is 10.1. The summed E-state index contributed by atoms with van der Waals surface area (Å²) in [7, 11) is 1.97. The molecule has 0 spiro atoms. The number of ether oxygens (including phenoxy) is 1. The molecule has 0 aliphatic rings. The third kappa shape index (κ3) is 3.40. The van der Waals surface area contributed by atoms with Gasteiger partial charge in [-0.15, -0.1) is 11.3 Å². The number of nitrogens with one attached hydrogen (secondary N) is 1. The van der Waals surface area contributed by atoms with Crippen molar-refractivity contribution in [1.82, 2.24) is 5.32 Å². The van der Waals surface area contributed by atoms with E-state index in [1.54, 1.807) is 11.3 Å². The van der Waals surface area contributed by atoms with Crippen LogP contribution in [-0.4, -0.2) is 19.8 Å². The van der Waals surface area contributed by atoms with Crippen molar-refractivity contribution in [3.05, 3.63) is 21.9 Å². The maximum absolute atomic E-state index is 5.60. The van der Waals surface area contributed by atoms with E-state index in [9.17, 15) is 0 Å². The van der Waals surface area contributed by atoms with E-state index in [4.69, 9.17) is 4.74 Å². The van der Waals surface area contributed by atoms with E-state index < -0.39 is 0 Å². The van der Waals surface area contributed by atoms with Crippen molar-refractivity contribution in [2.45, 2.75) is 32.9 Å². The normalized spacial score (nSPS) is 13.5. The highest BCUT2D eigenvalue weighted by molar-refractivity contribution is 7.10. The largest absolute Gasteiger partial charge is 0.377 e. The van der Waals surface area contributed by atoms with E-state index in [0.717, 1.165) is 6.61 Å². The average molecular weight is 213 g/mol. The van der Waals surface area contributed by atoms with Crippen molar-refractivity contribution in [2.75, 3.05) is 13.7 Å². The predicted molar refractivity (Wildman–Crippen MR) is 61.9 cm³/mol. The number of likely N-dealkylation sites (N-methyl/N-ethyl adjacent to an activating group) is 1. The molecule has 2 nitrogen and oxygen atoms in total. The summed E-state index contributed by atoms with van der Waals surface area (Å²) < 4.78 is 5.60. The lowest BCUT2D eigenvalue weighted by Crippen LogP contribution is -2.23. The Morgan fingerprint density at radius 3 is 2.64 bits per heavy atom. The molecule has 1 aromatic rings. The lowest BCUT2D eigenvalue weighted by Gasteiger charge is -2.16. The van der Waals surface area contributed by atoms with E-state index in [0.29, 0.717) is 12.1 Å². The second kappa shape index (κ2) is 5.49. The summed E-state index contributed by atoms with van der Waals surface area (Å²) >= 11 is 1.79. The standard InChI is InChI=1S/C11H19NOS/c1-8(2)13-6-11(12-4)10-5-9(3)14-7-10/h5,7-8,11-12H,6H2,1-4H3. The molecule has 14 heavy (non-hydrogen) atoms. The maximum atomic E-state index is 5.60. The Balaban J connectivity index is 2.54. The van der Waals surface area contributed by atoms with Gasteiger partial charge in [-0.25, -0.2) is 0 Å². The van der Waals surface area contributed by atoms with Crippen LogP contribution in [0.1, 0.15) is 30.3 Å². The van der Waals surface area contributed by atoms with Crippen LogP contribution in [0.15, 0.2) is 11.4 Å². The zero-order chi connectivity index (χ0) is 10.6. The summed E-state index contributed by atoms with van der Waals surface area (Å²) in [5.41, 5.74) is 1.33. The van der Waals surface area contributed by atoms with Crippen LogP contribution in [-0.2, 0) is 4.74 Å². The highest BCUT2D eigenvalue weighted by atomic mass is 32.1. The molecule has 0 aromatic carbocycles. The van der Waals surface area contributed by atoms with Crippen molar-refractivity contribution < 1.29 is 4.74 Å². The quantitative estimate of drug-likeness (QED) is 0.812. The molecule has 0 saturated carbocycles. The molecule has 0 radical (unpaired) electrons. The molecule has 0 aliphatic carbocycles. The highest BCUT2D eigenvalue weighted by Gasteiger charge is 2.11. The molecule has 1 aromatic heterocycles. The summed E-state index contributed by atoms with van der Waals surface area (Å²) in [5.74, 6) is 0. The third-order valence-corrected chi connectivity index (χ3v) is 2.98. The lowest BCUT2D eigenvalue weighted by atomic mass is 10.1. The summed E-state index contributed by atoms with van der Waals surface area (Å²) in [5, 5.41) is 5.46. The Labute approximate surface area is 90.3 Å². The summed E-state index contributed by atoms with van der Waals surface area (Å²) in [4.78, 5) is 1.35. The van der Waals surface area contributed by atoms with Gasteiger partial charge >= 0.3 is 0 Å². The van der Waals surface area contributed by atoms with E-state index in [1.807, 2.05) is 7.05 Å². The minimum Gasteiger partial charge on any atom is -0.377 e. The average Bonchev–Trinajstić information content (AvgIpc) is 2.53. The molecule has 0 fully saturated rings. The van der Waals surface area contributed by atoms with Crippen LogP contribution in [0.4, 0.5) is 0 Å². The van der Waals surface area contributed by atoms with Gasteiger partial charge in [-0.05, 0) is 44.8 Å². The number of hydrogen-bond acceptors (Lipinski definition) is 3. The number of rotatable bonds is 5. The first-order valence-electron chi connectivity index (χ1n) is 4.97. The van der Waals surface area contributed by atoms with Crippen LogP contribution in [0.3, 0.4) is 0 Å². The van der Waals surface area contributed by atoms with E-state index in [-0.39, 0.29) is 0 Å². The monoisotopic (exact) mass is 213 g/mol. The fourth-order valence-corrected chi connectivity index (χ4v) is 2.04. The maximum Gasteiger partial charge on any atom is 0.0665 e. The minimum absolute atomic E-state index is 0.297. The van der Waals surface area contributed by atoms with Crippen LogP contribution in [0.25, 0.3) is 0 Å². The molecule has 1 atom stereocenters. The summed E-state index contributed by atoms with van der Waals surface area (Å²) in [6.07, 6.45) is 0.297. The molecule has 1 heterocycles. The Morgan fingerprint density at radius 1 is 1.50 bits per heavy atom. The van der Waals surface area contributed by atoms with Crippen LogP contribution >= 0.6 is 11.3 Å². The Bertz CT molecular complexity index is 270. The molecule has 0 aliphatic heterocycles. The Kier molecular flexibility index (Phi) is 4.58. The third-order valence-electron chi connectivity index (χ3n) is 2.10. The number of aryl methyl sites for hydroxylation is 1. The van der Waals surface area contributed by atoms with Gasteiger partial charge in [0.1, 0.15) is 0 Å².